The molecule has 5 heteroatoms. The lowest BCUT2D eigenvalue weighted by atomic mass is 10.1. The van der Waals surface area contributed by atoms with Gasteiger partial charge in [-0.1, -0.05) is 19.1 Å². The predicted molar refractivity (Wildman–Crippen MR) is 117 cm³/mol. The van der Waals surface area contributed by atoms with Crippen LogP contribution in [0.15, 0.2) is 36.4 Å². The third kappa shape index (κ3) is 3.74. The minimum Gasteiger partial charge on any atom is -0.368 e. The van der Waals surface area contributed by atoms with E-state index in [-0.39, 0.29) is 11.8 Å². The van der Waals surface area contributed by atoms with Crippen LogP contribution in [0.4, 0.5) is 11.4 Å². The number of carbonyl (C=O) groups excluding carboxylic acids is 2. The Morgan fingerprint density at radius 2 is 1.66 bits per heavy atom. The molecule has 152 valence electrons. The van der Waals surface area contributed by atoms with E-state index in [1.165, 1.54) is 16.8 Å². The molecule has 0 unspecified atom stereocenters. The molecule has 5 nitrogen and oxygen atoms in total. The molecular formula is C24H29N3O2. The number of aryl methyl sites for hydroxylation is 2. The van der Waals surface area contributed by atoms with Gasteiger partial charge in [-0.05, 0) is 61.2 Å². The first-order valence-corrected chi connectivity index (χ1v) is 10.5. The van der Waals surface area contributed by atoms with Crippen molar-refractivity contribution in [3.8, 4) is 0 Å². The molecule has 0 aliphatic carbocycles. The predicted octanol–water partition coefficient (Wildman–Crippen LogP) is 3.56. The van der Waals surface area contributed by atoms with E-state index < -0.39 is 0 Å². The van der Waals surface area contributed by atoms with Crippen LogP contribution in [0, 0.1) is 13.8 Å². The van der Waals surface area contributed by atoms with Crippen LogP contribution in [0.25, 0.3) is 0 Å². The maximum atomic E-state index is 13.1. The lowest BCUT2D eigenvalue weighted by Gasteiger charge is -2.37. The van der Waals surface area contributed by atoms with Gasteiger partial charge in [-0.25, -0.2) is 0 Å². The van der Waals surface area contributed by atoms with E-state index in [0.717, 1.165) is 49.4 Å². The summed E-state index contributed by atoms with van der Waals surface area (Å²) < 4.78 is 0. The van der Waals surface area contributed by atoms with Crippen LogP contribution < -0.4 is 9.80 Å². The summed E-state index contributed by atoms with van der Waals surface area (Å²) in [4.78, 5) is 31.3. The molecular weight excluding hydrogens is 362 g/mol. The number of nitrogens with zero attached hydrogens (tertiary/aromatic N) is 3. The van der Waals surface area contributed by atoms with Gasteiger partial charge in [-0.3, -0.25) is 9.59 Å². The molecule has 2 aromatic rings. The average Bonchev–Trinajstić information content (AvgIpc) is 3.18. The largest absolute Gasteiger partial charge is 0.368 e. The van der Waals surface area contributed by atoms with Gasteiger partial charge < -0.3 is 14.7 Å². The molecule has 0 radical (unpaired) electrons. The van der Waals surface area contributed by atoms with E-state index in [4.69, 9.17) is 0 Å². The minimum absolute atomic E-state index is 0.0914. The number of hydrogen-bond donors (Lipinski definition) is 0. The molecule has 29 heavy (non-hydrogen) atoms. The Labute approximate surface area is 172 Å². The van der Waals surface area contributed by atoms with Crippen molar-refractivity contribution < 1.29 is 9.59 Å². The van der Waals surface area contributed by atoms with Gasteiger partial charge in [-0.2, -0.15) is 0 Å². The highest BCUT2D eigenvalue weighted by molar-refractivity contribution is 5.98. The number of amides is 2. The standard InChI is InChI=1S/C24H29N3O2/c1-4-23(28)27-10-9-19-16-20(7-8-21(19)27)24(29)26-13-11-25(12-14-26)22-15-17(2)5-6-18(22)3/h5-8,15-16H,4,9-14H2,1-3H3. The molecule has 4 rings (SSSR count). The highest BCUT2D eigenvalue weighted by atomic mass is 16.2. The van der Waals surface area contributed by atoms with Gasteiger partial charge in [0.2, 0.25) is 5.91 Å². The van der Waals surface area contributed by atoms with Crippen molar-refractivity contribution in [3.63, 3.8) is 0 Å². The third-order valence-corrected chi connectivity index (χ3v) is 6.10. The molecule has 2 heterocycles. The van der Waals surface area contributed by atoms with E-state index in [9.17, 15) is 9.59 Å². The number of anilines is 2. The quantitative estimate of drug-likeness (QED) is 0.804. The Balaban J connectivity index is 1.44. The lowest BCUT2D eigenvalue weighted by molar-refractivity contribution is -0.118. The van der Waals surface area contributed by atoms with E-state index in [2.05, 4.69) is 36.9 Å². The van der Waals surface area contributed by atoms with Crippen LogP contribution in [0.3, 0.4) is 0 Å². The Bertz CT molecular complexity index is 945. The van der Waals surface area contributed by atoms with Gasteiger partial charge in [0, 0.05) is 56.1 Å². The Hall–Kier alpha value is -2.82. The molecule has 2 aromatic carbocycles. The van der Waals surface area contributed by atoms with Crippen LogP contribution in [-0.4, -0.2) is 49.4 Å². The number of carbonyl (C=O) groups is 2. The minimum atomic E-state index is 0.0914. The summed E-state index contributed by atoms with van der Waals surface area (Å²) >= 11 is 0. The van der Waals surface area contributed by atoms with Gasteiger partial charge in [0.25, 0.3) is 5.91 Å². The molecule has 2 aliphatic rings. The van der Waals surface area contributed by atoms with Crippen molar-refractivity contribution in [1.29, 1.82) is 0 Å². The van der Waals surface area contributed by atoms with Gasteiger partial charge in [0.05, 0.1) is 0 Å². The molecule has 0 bridgehead atoms. The van der Waals surface area contributed by atoms with Crippen molar-refractivity contribution in [2.75, 3.05) is 42.5 Å². The Morgan fingerprint density at radius 3 is 2.38 bits per heavy atom. The van der Waals surface area contributed by atoms with Crippen LogP contribution >= 0.6 is 0 Å². The summed E-state index contributed by atoms with van der Waals surface area (Å²) in [6, 6.07) is 12.3. The number of rotatable bonds is 3. The molecule has 0 N–H and O–H groups in total. The van der Waals surface area contributed by atoms with Gasteiger partial charge in [0.1, 0.15) is 0 Å². The molecule has 0 spiro atoms. The van der Waals surface area contributed by atoms with Crippen LogP contribution in [0.1, 0.15) is 40.4 Å². The third-order valence-electron chi connectivity index (χ3n) is 6.10. The van der Waals surface area contributed by atoms with Crippen molar-refractivity contribution in [2.24, 2.45) is 0 Å². The monoisotopic (exact) mass is 391 g/mol. The van der Waals surface area contributed by atoms with Gasteiger partial charge >= 0.3 is 0 Å². The second kappa shape index (κ2) is 7.90. The fourth-order valence-electron chi connectivity index (χ4n) is 4.38. The molecule has 0 saturated carbocycles. The van der Waals surface area contributed by atoms with Crippen molar-refractivity contribution in [1.82, 2.24) is 4.90 Å². The van der Waals surface area contributed by atoms with Crippen molar-refractivity contribution >= 4 is 23.2 Å². The number of hydrogen-bond acceptors (Lipinski definition) is 3. The first-order valence-electron chi connectivity index (χ1n) is 10.5. The van der Waals surface area contributed by atoms with Crippen molar-refractivity contribution in [3.05, 3.63) is 58.7 Å². The molecule has 1 saturated heterocycles. The number of piperazine rings is 1. The fraction of sp³-hybridized carbons (Fsp3) is 0.417. The van der Waals surface area contributed by atoms with Crippen LogP contribution in [0.2, 0.25) is 0 Å². The SMILES string of the molecule is CCC(=O)N1CCc2cc(C(=O)N3CCN(c4cc(C)ccc4C)CC3)ccc21. The molecule has 1 fully saturated rings. The smallest absolute Gasteiger partial charge is 0.253 e. The van der Waals surface area contributed by atoms with Crippen LogP contribution in [-0.2, 0) is 11.2 Å². The Morgan fingerprint density at radius 1 is 0.897 bits per heavy atom. The molecule has 2 aliphatic heterocycles. The maximum absolute atomic E-state index is 13.1. The van der Waals surface area contributed by atoms with E-state index in [0.29, 0.717) is 13.0 Å². The first-order chi connectivity index (χ1) is 14.0. The normalized spacial score (nSPS) is 16.2. The average molecular weight is 392 g/mol. The van der Waals surface area contributed by atoms with Gasteiger partial charge in [0.15, 0.2) is 0 Å². The summed E-state index contributed by atoms with van der Waals surface area (Å²) in [5, 5.41) is 0. The zero-order valence-electron chi connectivity index (χ0n) is 17.6. The molecule has 2 amide bonds. The maximum Gasteiger partial charge on any atom is 0.253 e. The molecule has 0 aromatic heterocycles. The second-order valence-electron chi connectivity index (χ2n) is 8.06. The van der Waals surface area contributed by atoms with Crippen LogP contribution in [0.5, 0.6) is 0 Å². The summed E-state index contributed by atoms with van der Waals surface area (Å²) in [7, 11) is 0. The summed E-state index contributed by atoms with van der Waals surface area (Å²) in [6.45, 7) is 10.0. The van der Waals surface area contributed by atoms with E-state index >= 15 is 0 Å². The number of benzene rings is 2. The summed E-state index contributed by atoms with van der Waals surface area (Å²) in [5.74, 6) is 0.235. The highest BCUT2D eigenvalue weighted by Gasteiger charge is 2.27. The second-order valence-corrected chi connectivity index (χ2v) is 8.06. The molecule has 0 atom stereocenters. The Kier molecular flexibility index (Phi) is 5.31. The topological polar surface area (TPSA) is 43.9 Å². The fourth-order valence-corrected chi connectivity index (χ4v) is 4.38. The van der Waals surface area contributed by atoms with Gasteiger partial charge in [-0.15, -0.1) is 0 Å². The zero-order chi connectivity index (χ0) is 20.5. The number of fused-ring (bicyclic) bond motifs is 1. The summed E-state index contributed by atoms with van der Waals surface area (Å²) in [5.41, 5.74) is 6.61. The zero-order valence-corrected chi connectivity index (χ0v) is 17.6. The van der Waals surface area contributed by atoms with E-state index in [1.54, 1.807) is 0 Å². The highest BCUT2D eigenvalue weighted by Crippen LogP contribution is 2.30. The lowest BCUT2D eigenvalue weighted by Crippen LogP contribution is -2.49. The van der Waals surface area contributed by atoms with Crippen molar-refractivity contribution in [2.45, 2.75) is 33.6 Å². The summed E-state index contributed by atoms with van der Waals surface area (Å²) in [6.07, 6.45) is 1.33. The van der Waals surface area contributed by atoms with E-state index in [1.807, 2.05) is 34.9 Å². The first kappa shape index (κ1) is 19.5.